The lowest BCUT2D eigenvalue weighted by Crippen LogP contribution is -2.35. The Balaban J connectivity index is 4.46. The number of carbonyl (C=O) groups excluding carboxylic acids is 2. The van der Waals surface area contributed by atoms with E-state index >= 15 is 0 Å². The minimum Gasteiger partial charge on any atom is -0.356 e. The second kappa shape index (κ2) is 11.0. The molecule has 0 aliphatic heterocycles. The van der Waals surface area contributed by atoms with Gasteiger partial charge in [-0.05, 0) is 35.5 Å². The van der Waals surface area contributed by atoms with Gasteiger partial charge in [-0.1, -0.05) is 84.9 Å². The Kier molecular flexibility index (Phi) is 11.0. The van der Waals surface area contributed by atoms with Crippen LogP contribution in [-0.4, -0.2) is 22.7 Å². The molecule has 0 aromatic rings. The first-order chi connectivity index (χ1) is 11.7. The predicted octanol–water partition coefficient (Wildman–Crippen LogP) is 5.89. The first kappa shape index (κ1) is 25.9. The van der Waals surface area contributed by atoms with E-state index in [1.165, 1.54) is 0 Å². The first-order valence-electron chi connectivity index (χ1n) is 10.1. The van der Waals surface area contributed by atoms with E-state index < -0.39 is 0 Å². The zero-order valence-electron chi connectivity index (χ0n) is 18.5. The fraction of sp³-hybridized carbons (Fsp3) is 0.909. The molecule has 0 radical (unpaired) electrons. The van der Waals surface area contributed by atoms with Crippen LogP contribution in [0.2, 0.25) is 0 Å². The highest BCUT2D eigenvalue weighted by molar-refractivity contribution is 14.1. The summed E-state index contributed by atoms with van der Waals surface area (Å²) in [4.78, 5) is 24.5. The number of alkyl halides is 1. The highest BCUT2D eigenvalue weighted by Gasteiger charge is 2.29. The van der Waals surface area contributed by atoms with Crippen molar-refractivity contribution in [2.75, 3.05) is 11.0 Å². The van der Waals surface area contributed by atoms with E-state index in [4.69, 9.17) is 0 Å². The number of hydrogen-bond acceptors (Lipinski definition) is 2. The normalized spacial score (nSPS) is 16.3. The molecule has 0 aromatic carbocycles. The van der Waals surface area contributed by atoms with Crippen molar-refractivity contribution in [3.63, 3.8) is 0 Å². The summed E-state index contributed by atoms with van der Waals surface area (Å²) < 4.78 is 1.16. The summed E-state index contributed by atoms with van der Waals surface area (Å²) in [5, 5.41) is 3.12. The van der Waals surface area contributed by atoms with Crippen LogP contribution in [0.15, 0.2) is 0 Å². The smallest absolute Gasteiger partial charge is 0.220 e. The molecule has 0 aromatic heterocycles. The molecule has 3 atom stereocenters. The van der Waals surface area contributed by atoms with E-state index in [0.717, 1.165) is 23.8 Å². The van der Waals surface area contributed by atoms with E-state index in [9.17, 15) is 9.59 Å². The molecule has 154 valence electrons. The molecule has 26 heavy (non-hydrogen) atoms. The lowest BCUT2D eigenvalue weighted by atomic mass is 9.74. The topological polar surface area (TPSA) is 46.2 Å². The lowest BCUT2D eigenvalue weighted by molar-refractivity contribution is -0.128. The number of rotatable bonds is 12. The Morgan fingerprint density at radius 1 is 0.962 bits per heavy atom. The van der Waals surface area contributed by atoms with E-state index in [1.807, 2.05) is 20.8 Å². The standard InChI is InChI=1S/C22H42INO2/c1-15(2)20(26)17(4)11-21(6,7)12-19(25)24-14-16(3)10-22(8,9)18(5)13-23/h15-18H,10-14H2,1-9H3,(H,24,25). The number of Topliss-reactive ketones (excluding diaryl/α,β-unsaturated/α-hetero) is 1. The third-order valence-corrected chi connectivity index (χ3v) is 6.96. The van der Waals surface area contributed by atoms with E-state index in [0.29, 0.717) is 24.0 Å². The van der Waals surface area contributed by atoms with Crippen LogP contribution in [0, 0.1) is 34.5 Å². The highest BCUT2D eigenvalue weighted by atomic mass is 127. The second-order valence-electron chi connectivity index (χ2n) is 10.2. The minimum atomic E-state index is -0.160. The summed E-state index contributed by atoms with van der Waals surface area (Å²) in [5.74, 6) is 1.59. The molecule has 0 saturated heterocycles. The predicted molar refractivity (Wildman–Crippen MR) is 121 cm³/mol. The van der Waals surface area contributed by atoms with Gasteiger partial charge in [0.15, 0.2) is 0 Å². The summed E-state index contributed by atoms with van der Waals surface area (Å²) in [6.45, 7) is 20.0. The molecule has 1 N–H and O–H groups in total. The maximum atomic E-state index is 12.4. The maximum Gasteiger partial charge on any atom is 0.220 e. The van der Waals surface area contributed by atoms with Gasteiger partial charge in [0.1, 0.15) is 5.78 Å². The zero-order chi connectivity index (χ0) is 20.7. The van der Waals surface area contributed by atoms with Crippen molar-refractivity contribution < 1.29 is 9.59 Å². The quantitative estimate of drug-likeness (QED) is 0.280. The lowest BCUT2D eigenvalue weighted by Gasteiger charge is -2.33. The van der Waals surface area contributed by atoms with Crippen LogP contribution in [0.3, 0.4) is 0 Å². The molecule has 0 aliphatic carbocycles. The highest BCUT2D eigenvalue weighted by Crippen LogP contribution is 2.35. The Bertz CT molecular complexity index is 457. The van der Waals surface area contributed by atoms with Gasteiger partial charge in [-0.25, -0.2) is 0 Å². The third kappa shape index (κ3) is 9.70. The second-order valence-corrected chi connectivity index (χ2v) is 11.0. The SMILES string of the molecule is CC(CNC(=O)CC(C)(C)CC(C)C(=O)C(C)C)CC(C)(C)C(C)CI. The summed E-state index contributed by atoms with van der Waals surface area (Å²) in [6.07, 6.45) is 2.34. The first-order valence-corrected chi connectivity index (χ1v) is 11.6. The van der Waals surface area contributed by atoms with Gasteiger partial charge < -0.3 is 5.32 Å². The fourth-order valence-electron chi connectivity index (χ4n) is 3.74. The van der Waals surface area contributed by atoms with Gasteiger partial charge in [-0.15, -0.1) is 0 Å². The molecule has 0 rings (SSSR count). The van der Waals surface area contributed by atoms with E-state index in [1.54, 1.807) is 0 Å². The molecule has 3 nitrogen and oxygen atoms in total. The summed E-state index contributed by atoms with van der Waals surface area (Å²) in [6, 6.07) is 0. The fourth-order valence-corrected chi connectivity index (χ4v) is 4.93. The van der Waals surface area contributed by atoms with E-state index in [-0.39, 0.29) is 28.6 Å². The molecule has 0 spiro atoms. The van der Waals surface area contributed by atoms with Crippen LogP contribution < -0.4 is 5.32 Å². The van der Waals surface area contributed by atoms with Crippen LogP contribution in [0.1, 0.15) is 81.6 Å². The van der Waals surface area contributed by atoms with E-state index in [2.05, 4.69) is 69.5 Å². The van der Waals surface area contributed by atoms with Crippen molar-refractivity contribution in [2.45, 2.75) is 81.6 Å². The van der Waals surface area contributed by atoms with Crippen molar-refractivity contribution >= 4 is 34.3 Å². The van der Waals surface area contributed by atoms with Gasteiger partial charge in [-0.3, -0.25) is 9.59 Å². The molecule has 4 heteroatoms. The monoisotopic (exact) mass is 479 g/mol. The van der Waals surface area contributed by atoms with Crippen molar-refractivity contribution in [1.29, 1.82) is 0 Å². The van der Waals surface area contributed by atoms with Gasteiger partial charge >= 0.3 is 0 Å². The number of nitrogens with one attached hydrogen (secondary N) is 1. The molecular formula is C22H42INO2. The van der Waals surface area contributed by atoms with Gasteiger partial charge in [0.05, 0.1) is 0 Å². The van der Waals surface area contributed by atoms with Crippen molar-refractivity contribution in [3.8, 4) is 0 Å². The van der Waals surface area contributed by atoms with Gasteiger partial charge in [0, 0.05) is 29.2 Å². The number of amides is 1. The van der Waals surface area contributed by atoms with Crippen LogP contribution in [0.4, 0.5) is 0 Å². The van der Waals surface area contributed by atoms with Gasteiger partial charge in [0.25, 0.3) is 0 Å². The summed E-state index contributed by atoms with van der Waals surface area (Å²) >= 11 is 2.46. The number of halogens is 1. The molecule has 0 fully saturated rings. The Labute approximate surface area is 176 Å². The number of hydrogen-bond donors (Lipinski definition) is 1. The maximum absolute atomic E-state index is 12.4. The average Bonchev–Trinajstić information content (AvgIpc) is 2.49. The molecular weight excluding hydrogens is 437 g/mol. The molecule has 0 aliphatic rings. The van der Waals surface area contributed by atoms with Gasteiger partial charge in [-0.2, -0.15) is 0 Å². The number of ketones is 1. The number of carbonyl (C=O) groups is 2. The Hall–Kier alpha value is -0.130. The molecule has 0 saturated carbocycles. The zero-order valence-corrected chi connectivity index (χ0v) is 20.7. The van der Waals surface area contributed by atoms with Crippen LogP contribution >= 0.6 is 22.6 Å². The van der Waals surface area contributed by atoms with Crippen molar-refractivity contribution in [1.82, 2.24) is 5.32 Å². The van der Waals surface area contributed by atoms with Crippen molar-refractivity contribution in [3.05, 3.63) is 0 Å². The van der Waals surface area contributed by atoms with Crippen molar-refractivity contribution in [2.24, 2.45) is 34.5 Å². The van der Waals surface area contributed by atoms with Crippen LogP contribution in [-0.2, 0) is 9.59 Å². The molecule has 1 amide bonds. The van der Waals surface area contributed by atoms with Gasteiger partial charge in [0.2, 0.25) is 5.91 Å². The average molecular weight is 479 g/mol. The van der Waals surface area contributed by atoms with Crippen LogP contribution in [0.5, 0.6) is 0 Å². The summed E-state index contributed by atoms with van der Waals surface area (Å²) in [5.41, 5.74) is 0.129. The molecule has 0 bridgehead atoms. The Morgan fingerprint density at radius 2 is 1.50 bits per heavy atom. The Morgan fingerprint density at radius 3 is 1.96 bits per heavy atom. The minimum absolute atomic E-state index is 0.00675. The molecule has 0 heterocycles. The largest absolute Gasteiger partial charge is 0.356 e. The van der Waals surface area contributed by atoms with Crippen LogP contribution in [0.25, 0.3) is 0 Å². The summed E-state index contributed by atoms with van der Waals surface area (Å²) in [7, 11) is 0. The molecule has 3 unspecified atom stereocenters. The third-order valence-electron chi connectivity index (χ3n) is 5.64.